The van der Waals surface area contributed by atoms with Crippen LogP contribution in [-0.4, -0.2) is 5.97 Å². The van der Waals surface area contributed by atoms with Crippen LogP contribution in [0.25, 0.3) is 0 Å². The zero-order valence-corrected chi connectivity index (χ0v) is 7.94. The molecule has 0 spiro atoms. The lowest BCUT2D eigenvalue weighted by molar-refractivity contribution is 0.0700. The SMILES string of the molecule is O=C(Oc1cc(F)cc(F)c1)c1ccco1. The van der Waals surface area contributed by atoms with E-state index in [1.165, 1.54) is 18.4 Å². The van der Waals surface area contributed by atoms with E-state index in [0.717, 1.165) is 12.1 Å². The molecular formula is C11H6F2O3. The van der Waals surface area contributed by atoms with Crippen molar-refractivity contribution in [2.24, 2.45) is 0 Å². The van der Waals surface area contributed by atoms with E-state index < -0.39 is 17.6 Å². The molecule has 0 radical (unpaired) electrons. The maximum atomic E-state index is 12.8. The number of hydrogen-bond donors (Lipinski definition) is 0. The highest BCUT2D eigenvalue weighted by atomic mass is 19.1. The zero-order valence-electron chi connectivity index (χ0n) is 7.94. The summed E-state index contributed by atoms with van der Waals surface area (Å²) < 4.78 is 35.0. The van der Waals surface area contributed by atoms with Crippen LogP contribution in [0.3, 0.4) is 0 Å². The first-order chi connectivity index (χ1) is 7.65. The van der Waals surface area contributed by atoms with Crippen LogP contribution >= 0.6 is 0 Å². The van der Waals surface area contributed by atoms with Crippen molar-refractivity contribution in [2.45, 2.75) is 0 Å². The summed E-state index contributed by atoms with van der Waals surface area (Å²) in [5.41, 5.74) is 0. The number of rotatable bonds is 2. The Morgan fingerprint density at radius 3 is 2.44 bits per heavy atom. The number of carbonyl (C=O) groups is 1. The minimum absolute atomic E-state index is 0.0373. The molecule has 0 N–H and O–H groups in total. The van der Waals surface area contributed by atoms with Crippen molar-refractivity contribution >= 4 is 5.97 Å². The van der Waals surface area contributed by atoms with Gasteiger partial charge in [0.2, 0.25) is 5.76 Å². The number of esters is 1. The van der Waals surface area contributed by atoms with Gasteiger partial charge in [0.15, 0.2) is 0 Å². The topological polar surface area (TPSA) is 39.4 Å². The minimum atomic E-state index is -0.817. The van der Waals surface area contributed by atoms with Gasteiger partial charge in [-0.1, -0.05) is 0 Å². The fourth-order valence-electron chi connectivity index (χ4n) is 1.14. The lowest BCUT2D eigenvalue weighted by Crippen LogP contribution is -2.07. The monoisotopic (exact) mass is 224 g/mol. The number of carbonyl (C=O) groups excluding carboxylic acids is 1. The van der Waals surface area contributed by atoms with Crippen molar-refractivity contribution in [3.05, 3.63) is 54.0 Å². The van der Waals surface area contributed by atoms with Crippen molar-refractivity contribution in [3.63, 3.8) is 0 Å². The van der Waals surface area contributed by atoms with Crippen LogP contribution in [0.15, 0.2) is 41.0 Å². The van der Waals surface area contributed by atoms with Gasteiger partial charge in [0.25, 0.3) is 0 Å². The molecule has 0 bridgehead atoms. The molecule has 3 nitrogen and oxygen atoms in total. The van der Waals surface area contributed by atoms with Crippen LogP contribution in [0.2, 0.25) is 0 Å². The maximum Gasteiger partial charge on any atom is 0.379 e. The van der Waals surface area contributed by atoms with Crippen molar-refractivity contribution in [1.82, 2.24) is 0 Å². The third kappa shape index (κ3) is 2.25. The second-order valence-corrected chi connectivity index (χ2v) is 2.97. The second kappa shape index (κ2) is 4.14. The molecular weight excluding hydrogens is 218 g/mol. The summed E-state index contributed by atoms with van der Waals surface area (Å²) in [6.07, 6.45) is 1.29. The number of benzene rings is 1. The molecule has 1 aromatic heterocycles. The standard InChI is InChI=1S/C11H6F2O3/c12-7-4-8(13)6-9(5-7)16-11(14)10-2-1-3-15-10/h1-6H. The summed E-state index contributed by atoms with van der Waals surface area (Å²) in [5.74, 6) is -2.69. The molecule has 0 saturated heterocycles. The van der Waals surface area contributed by atoms with Gasteiger partial charge in [-0.2, -0.15) is 0 Å². The normalized spacial score (nSPS) is 10.1. The quantitative estimate of drug-likeness (QED) is 0.581. The lowest BCUT2D eigenvalue weighted by Gasteiger charge is -2.02. The third-order valence-corrected chi connectivity index (χ3v) is 1.77. The van der Waals surface area contributed by atoms with E-state index in [1.807, 2.05) is 0 Å². The van der Waals surface area contributed by atoms with Gasteiger partial charge in [-0.3, -0.25) is 0 Å². The van der Waals surface area contributed by atoms with E-state index in [4.69, 9.17) is 9.15 Å². The Hall–Kier alpha value is -2.17. The third-order valence-electron chi connectivity index (χ3n) is 1.77. The average Bonchev–Trinajstić information content (AvgIpc) is 2.68. The first-order valence-corrected chi connectivity index (χ1v) is 4.37. The largest absolute Gasteiger partial charge is 0.457 e. The van der Waals surface area contributed by atoms with E-state index in [2.05, 4.69) is 0 Å². The Balaban J connectivity index is 2.18. The summed E-state index contributed by atoms with van der Waals surface area (Å²) >= 11 is 0. The second-order valence-electron chi connectivity index (χ2n) is 2.97. The molecule has 0 aliphatic rings. The molecule has 2 rings (SSSR count). The summed E-state index contributed by atoms with van der Waals surface area (Å²) in [7, 11) is 0. The minimum Gasteiger partial charge on any atom is -0.457 e. The number of hydrogen-bond acceptors (Lipinski definition) is 3. The van der Waals surface area contributed by atoms with E-state index in [-0.39, 0.29) is 11.5 Å². The highest BCUT2D eigenvalue weighted by molar-refractivity contribution is 5.88. The Kier molecular flexibility index (Phi) is 2.68. The van der Waals surface area contributed by atoms with Crippen LogP contribution in [0.1, 0.15) is 10.6 Å². The molecule has 5 heteroatoms. The average molecular weight is 224 g/mol. The van der Waals surface area contributed by atoms with E-state index in [0.29, 0.717) is 6.07 Å². The smallest absolute Gasteiger partial charge is 0.379 e. The molecule has 0 saturated carbocycles. The zero-order chi connectivity index (χ0) is 11.5. The molecule has 1 aromatic carbocycles. The van der Waals surface area contributed by atoms with Crippen molar-refractivity contribution < 1.29 is 22.7 Å². The molecule has 0 unspecified atom stereocenters. The van der Waals surface area contributed by atoms with Gasteiger partial charge in [0, 0.05) is 18.2 Å². The van der Waals surface area contributed by atoms with Crippen LogP contribution in [0, 0.1) is 11.6 Å². The first-order valence-electron chi connectivity index (χ1n) is 4.37. The fraction of sp³-hybridized carbons (Fsp3) is 0. The predicted molar refractivity (Wildman–Crippen MR) is 50.0 cm³/mol. The van der Waals surface area contributed by atoms with E-state index in [9.17, 15) is 13.6 Å². The van der Waals surface area contributed by atoms with Crippen molar-refractivity contribution in [3.8, 4) is 5.75 Å². The Morgan fingerprint density at radius 2 is 1.88 bits per heavy atom. The molecule has 0 aliphatic heterocycles. The Morgan fingerprint density at radius 1 is 1.19 bits per heavy atom. The van der Waals surface area contributed by atoms with Gasteiger partial charge in [0.05, 0.1) is 6.26 Å². The van der Waals surface area contributed by atoms with Crippen LogP contribution in [0.4, 0.5) is 8.78 Å². The molecule has 16 heavy (non-hydrogen) atoms. The molecule has 0 amide bonds. The van der Waals surface area contributed by atoms with Gasteiger partial charge >= 0.3 is 5.97 Å². The van der Waals surface area contributed by atoms with Crippen LogP contribution < -0.4 is 4.74 Å². The summed E-state index contributed by atoms with van der Waals surface area (Å²) in [6, 6.07) is 5.39. The fourth-order valence-corrected chi connectivity index (χ4v) is 1.14. The summed E-state index contributed by atoms with van der Waals surface area (Å²) in [6.45, 7) is 0. The van der Waals surface area contributed by atoms with Gasteiger partial charge in [-0.05, 0) is 12.1 Å². The maximum absolute atomic E-state index is 12.8. The van der Waals surface area contributed by atoms with E-state index >= 15 is 0 Å². The van der Waals surface area contributed by atoms with E-state index in [1.54, 1.807) is 0 Å². The highest BCUT2D eigenvalue weighted by Gasteiger charge is 2.12. The van der Waals surface area contributed by atoms with Crippen molar-refractivity contribution in [2.75, 3.05) is 0 Å². The predicted octanol–water partition coefficient (Wildman–Crippen LogP) is 2.78. The molecule has 2 aromatic rings. The molecule has 0 atom stereocenters. The molecule has 82 valence electrons. The van der Waals surface area contributed by atoms with Gasteiger partial charge in [0.1, 0.15) is 17.4 Å². The summed E-state index contributed by atoms with van der Waals surface area (Å²) in [5, 5.41) is 0. The number of furan rings is 1. The first kappa shape index (κ1) is 10.4. The molecule has 0 fully saturated rings. The Labute approximate surface area is 89.3 Å². The van der Waals surface area contributed by atoms with Crippen LogP contribution in [0.5, 0.6) is 5.75 Å². The van der Waals surface area contributed by atoms with Crippen molar-refractivity contribution in [1.29, 1.82) is 0 Å². The molecule has 1 heterocycles. The highest BCUT2D eigenvalue weighted by Crippen LogP contribution is 2.17. The summed E-state index contributed by atoms with van der Waals surface area (Å²) in [4.78, 5) is 11.3. The van der Waals surface area contributed by atoms with Gasteiger partial charge in [-0.15, -0.1) is 0 Å². The van der Waals surface area contributed by atoms with Gasteiger partial charge in [-0.25, -0.2) is 13.6 Å². The van der Waals surface area contributed by atoms with Gasteiger partial charge < -0.3 is 9.15 Å². The molecule has 0 aliphatic carbocycles. The van der Waals surface area contributed by atoms with Crippen LogP contribution in [-0.2, 0) is 0 Å². The number of halogens is 2. The number of ether oxygens (including phenoxy) is 1. The Bertz CT molecular complexity index is 486. The lowest BCUT2D eigenvalue weighted by atomic mass is 10.3.